The van der Waals surface area contributed by atoms with Gasteiger partial charge in [0.05, 0.1) is 10.6 Å². The average molecular weight is 281 g/mol. The van der Waals surface area contributed by atoms with Crippen molar-refractivity contribution in [3.63, 3.8) is 0 Å². The van der Waals surface area contributed by atoms with E-state index in [2.05, 4.69) is 5.16 Å². The lowest BCUT2D eigenvalue weighted by Gasteiger charge is -2.11. The molecule has 0 aliphatic heterocycles. The highest BCUT2D eigenvalue weighted by Gasteiger charge is 2.13. The molecule has 98 valence electrons. The number of nitrogens with two attached hydrogens (primary N) is 1. The maximum absolute atomic E-state index is 12.8. The van der Waals surface area contributed by atoms with Gasteiger partial charge in [0.1, 0.15) is 17.3 Å². The molecule has 4 nitrogen and oxygen atoms in total. The number of hydrogen-bond donors (Lipinski definition) is 2. The molecule has 0 saturated carbocycles. The maximum Gasteiger partial charge on any atom is 0.175 e. The number of oxime groups is 1. The SMILES string of the molecule is NC(=NO)c1c(Cl)cccc1Oc1ccc(F)cc1. The van der Waals surface area contributed by atoms with E-state index in [0.29, 0.717) is 11.5 Å². The fraction of sp³-hybridized carbons (Fsp3) is 0. The summed E-state index contributed by atoms with van der Waals surface area (Å²) in [6.45, 7) is 0. The standard InChI is InChI=1S/C13H10ClFN2O2/c14-10-2-1-3-11(12(10)13(16)17-18)19-9-6-4-8(15)5-7-9/h1-7,18H,(H2,16,17). The van der Waals surface area contributed by atoms with E-state index in [1.54, 1.807) is 18.2 Å². The van der Waals surface area contributed by atoms with Crippen molar-refractivity contribution in [3.8, 4) is 11.5 Å². The highest BCUT2D eigenvalue weighted by Crippen LogP contribution is 2.30. The molecule has 0 fully saturated rings. The zero-order valence-corrected chi connectivity index (χ0v) is 10.4. The molecule has 2 aromatic carbocycles. The first-order valence-electron chi connectivity index (χ1n) is 5.31. The third-order valence-electron chi connectivity index (χ3n) is 2.38. The summed E-state index contributed by atoms with van der Waals surface area (Å²) in [6, 6.07) is 10.3. The summed E-state index contributed by atoms with van der Waals surface area (Å²) in [5.74, 6) is 0.197. The van der Waals surface area contributed by atoms with Gasteiger partial charge in [0, 0.05) is 0 Å². The average Bonchev–Trinajstić information content (AvgIpc) is 2.41. The lowest BCUT2D eigenvalue weighted by molar-refractivity contribution is 0.318. The molecule has 3 N–H and O–H groups in total. The molecular formula is C13H10ClFN2O2. The summed E-state index contributed by atoms with van der Waals surface area (Å²) in [5, 5.41) is 11.9. The second kappa shape index (κ2) is 5.58. The number of ether oxygens (including phenoxy) is 1. The molecule has 0 bridgehead atoms. The first-order valence-corrected chi connectivity index (χ1v) is 5.69. The van der Waals surface area contributed by atoms with Crippen LogP contribution in [0.2, 0.25) is 5.02 Å². The lowest BCUT2D eigenvalue weighted by atomic mass is 10.2. The van der Waals surface area contributed by atoms with Crippen molar-refractivity contribution in [2.75, 3.05) is 0 Å². The predicted octanol–water partition coefficient (Wildman–Crippen LogP) is 3.37. The Morgan fingerprint density at radius 2 is 1.89 bits per heavy atom. The molecule has 0 amide bonds. The van der Waals surface area contributed by atoms with Crippen LogP contribution in [0.3, 0.4) is 0 Å². The second-order valence-electron chi connectivity index (χ2n) is 3.65. The minimum Gasteiger partial charge on any atom is -0.457 e. The largest absolute Gasteiger partial charge is 0.457 e. The van der Waals surface area contributed by atoms with Crippen LogP contribution >= 0.6 is 11.6 Å². The Morgan fingerprint density at radius 1 is 1.21 bits per heavy atom. The Morgan fingerprint density at radius 3 is 2.53 bits per heavy atom. The fourth-order valence-corrected chi connectivity index (χ4v) is 1.78. The number of nitrogens with zero attached hydrogens (tertiary/aromatic N) is 1. The molecule has 0 aliphatic carbocycles. The number of halogens is 2. The molecule has 0 atom stereocenters. The van der Waals surface area contributed by atoms with Crippen molar-refractivity contribution in [3.05, 3.63) is 58.9 Å². The van der Waals surface area contributed by atoms with Gasteiger partial charge in [-0.05, 0) is 36.4 Å². The second-order valence-corrected chi connectivity index (χ2v) is 4.06. The first-order chi connectivity index (χ1) is 9.11. The molecule has 2 aromatic rings. The van der Waals surface area contributed by atoms with Gasteiger partial charge in [-0.2, -0.15) is 0 Å². The lowest BCUT2D eigenvalue weighted by Crippen LogP contribution is -2.14. The molecule has 2 rings (SSSR count). The summed E-state index contributed by atoms with van der Waals surface area (Å²) in [6.07, 6.45) is 0. The van der Waals surface area contributed by atoms with Gasteiger partial charge in [0.2, 0.25) is 0 Å². The third-order valence-corrected chi connectivity index (χ3v) is 2.70. The van der Waals surface area contributed by atoms with Gasteiger partial charge in [-0.15, -0.1) is 0 Å². The summed E-state index contributed by atoms with van der Waals surface area (Å²) in [7, 11) is 0. The van der Waals surface area contributed by atoms with E-state index in [4.69, 9.17) is 27.3 Å². The maximum atomic E-state index is 12.8. The van der Waals surface area contributed by atoms with Gasteiger partial charge >= 0.3 is 0 Å². The van der Waals surface area contributed by atoms with E-state index >= 15 is 0 Å². The molecule has 19 heavy (non-hydrogen) atoms. The van der Waals surface area contributed by atoms with E-state index in [0.717, 1.165) is 0 Å². The van der Waals surface area contributed by atoms with Crippen LogP contribution in [-0.4, -0.2) is 11.0 Å². The van der Waals surface area contributed by atoms with E-state index in [1.165, 1.54) is 24.3 Å². The van der Waals surface area contributed by atoms with E-state index in [9.17, 15) is 4.39 Å². The number of amidine groups is 1. The summed E-state index contributed by atoms with van der Waals surface area (Å²) in [5.41, 5.74) is 5.82. The zero-order valence-electron chi connectivity index (χ0n) is 9.68. The number of rotatable bonds is 3. The topological polar surface area (TPSA) is 67.8 Å². The van der Waals surface area contributed by atoms with Gasteiger partial charge in [0.15, 0.2) is 5.84 Å². The normalized spacial score (nSPS) is 11.4. The van der Waals surface area contributed by atoms with Gasteiger partial charge in [0.25, 0.3) is 0 Å². The fourth-order valence-electron chi connectivity index (χ4n) is 1.52. The molecule has 0 unspecified atom stereocenters. The summed E-state index contributed by atoms with van der Waals surface area (Å²) in [4.78, 5) is 0. The van der Waals surface area contributed by atoms with Gasteiger partial charge < -0.3 is 15.7 Å². The minimum absolute atomic E-state index is 0.164. The minimum atomic E-state index is -0.366. The van der Waals surface area contributed by atoms with Gasteiger partial charge in [-0.3, -0.25) is 0 Å². The van der Waals surface area contributed by atoms with Crippen LogP contribution in [-0.2, 0) is 0 Å². The molecule has 0 heterocycles. The van der Waals surface area contributed by atoms with Crippen LogP contribution in [0.15, 0.2) is 47.6 Å². The van der Waals surface area contributed by atoms with Crippen molar-refractivity contribution < 1.29 is 14.3 Å². The van der Waals surface area contributed by atoms with E-state index in [-0.39, 0.29) is 22.2 Å². The number of benzene rings is 2. The molecule has 0 aliphatic rings. The molecular weight excluding hydrogens is 271 g/mol. The van der Waals surface area contributed by atoms with Crippen molar-refractivity contribution >= 4 is 17.4 Å². The van der Waals surface area contributed by atoms with Crippen LogP contribution in [0, 0.1) is 5.82 Å². The monoisotopic (exact) mass is 280 g/mol. The van der Waals surface area contributed by atoms with Crippen molar-refractivity contribution in [2.24, 2.45) is 10.9 Å². The Balaban J connectivity index is 2.40. The first kappa shape index (κ1) is 13.2. The zero-order chi connectivity index (χ0) is 13.8. The van der Waals surface area contributed by atoms with Crippen LogP contribution in [0.1, 0.15) is 5.56 Å². The van der Waals surface area contributed by atoms with Crippen LogP contribution in [0.25, 0.3) is 0 Å². The molecule has 6 heteroatoms. The molecule has 0 saturated heterocycles. The van der Waals surface area contributed by atoms with Gasteiger partial charge in [-0.1, -0.05) is 22.8 Å². The predicted molar refractivity (Wildman–Crippen MR) is 70.4 cm³/mol. The van der Waals surface area contributed by atoms with Crippen molar-refractivity contribution in [1.82, 2.24) is 0 Å². The van der Waals surface area contributed by atoms with Crippen LogP contribution in [0.4, 0.5) is 4.39 Å². The van der Waals surface area contributed by atoms with E-state index in [1.807, 2.05) is 0 Å². The summed E-state index contributed by atoms with van der Waals surface area (Å²) >= 11 is 5.98. The van der Waals surface area contributed by atoms with Crippen LogP contribution < -0.4 is 10.5 Å². The highest BCUT2D eigenvalue weighted by atomic mass is 35.5. The molecule has 0 radical (unpaired) electrons. The third kappa shape index (κ3) is 2.95. The van der Waals surface area contributed by atoms with Crippen LogP contribution in [0.5, 0.6) is 11.5 Å². The quantitative estimate of drug-likeness (QED) is 0.392. The summed E-state index contributed by atoms with van der Waals surface area (Å²) < 4.78 is 18.3. The Kier molecular flexibility index (Phi) is 3.87. The van der Waals surface area contributed by atoms with Crippen molar-refractivity contribution in [2.45, 2.75) is 0 Å². The Bertz CT molecular complexity index is 615. The Hall–Kier alpha value is -2.27. The van der Waals surface area contributed by atoms with E-state index < -0.39 is 0 Å². The molecule has 0 aromatic heterocycles. The number of hydrogen-bond acceptors (Lipinski definition) is 3. The smallest absolute Gasteiger partial charge is 0.175 e. The Labute approximate surface area is 113 Å². The van der Waals surface area contributed by atoms with Crippen molar-refractivity contribution in [1.29, 1.82) is 0 Å². The molecule has 0 spiro atoms. The highest BCUT2D eigenvalue weighted by molar-refractivity contribution is 6.34. The van der Waals surface area contributed by atoms with Gasteiger partial charge in [-0.25, -0.2) is 4.39 Å².